The third-order valence-electron chi connectivity index (χ3n) is 3.12. The first-order chi connectivity index (χ1) is 8.65. The molecule has 2 aromatic rings. The number of para-hydroxylation sites is 1. The zero-order valence-corrected chi connectivity index (χ0v) is 11.2. The third kappa shape index (κ3) is 2.18. The van der Waals surface area contributed by atoms with E-state index in [-0.39, 0.29) is 6.04 Å². The second-order valence-electron chi connectivity index (χ2n) is 4.15. The summed E-state index contributed by atoms with van der Waals surface area (Å²) in [4.78, 5) is 3.38. The molecule has 0 aliphatic heterocycles. The molecule has 0 amide bonds. The van der Waals surface area contributed by atoms with Crippen LogP contribution in [-0.4, -0.2) is 7.05 Å². The molecule has 0 saturated heterocycles. The number of hydrogen-bond donors (Lipinski definition) is 1. The molecule has 1 aromatic carbocycles. The summed E-state index contributed by atoms with van der Waals surface area (Å²) in [5.74, 6) is 0. The lowest BCUT2D eigenvalue weighted by molar-refractivity contribution is 0.755. The predicted octanol–water partition coefficient (Wildman–Crippen LogP) is 3.40. The normalized spacial score (nSPS) is 11.8. The Balaban J connectivity index is 2.35. The fourth-order valence-electron chi connectivity index (χ4n) is 1.89. The Morgan fingerprint density at radius 3 is 2.72 bits per heavy atom. The Morgan fingerprint density at radius 1 is 1.33 bits per heavy atom. The van der Waals surface area contributed by atoms with Crippen molar-refractivity contribution in [3.05, 3.63) is 46.2 Å². The maximum absolute atomic E-state index is 9.00. The van der Waals surface area contributed by atoms with Crippen LogP contribution in [0.25, 0.3) is 0 Å². The lowest BCUT2D eigenvalue weighted by Crippen LogP contribution is -2.22. The van der Waals surface area contributed by atoms with Crippen molar-refractivity contribution in [2.75, 3.05) is 17.7 Å². The summed E-state index contributed by atoms with van der Waals surface area (Å²) in [7, 11) is 2.00. The standard InChI is InChI=1S/C14H15N3S/c1-10(13-7-4-8-18-13)17(2)12-6-3-5-11(9-15)14(12)16/h3-8,10H,16H2,1-2H3. The third-order valence-corrected chi connectivity index (χ3v) is 4.16. The van der Waals surface area contributed by atoms with Crippen LogP contribution in [0.3, 0.4) is 0 Å². The van der Waals surface area contributed by atoms with Crippen LogP contribution in [-0.2, 0) is 0 Å². The summed E-state index contributed by atoms with van der Waals surface area (Å²) < 4.78 is 0. The van der Waals surface area contributed by atoms with Gasteiger partial charge in [-0.2, -0.15) is 5.26 Å². The van der Waals surface area contributed by atoms with Crippen LogP contribution in [0.2, 0.25) is 0 Å². The molecule has 0 aliphatic rings. The van der Waals surface area contributed by atoms with Crippen molar-refractivity contribution in [3.63, 3.8) is 0 Å². The fourth-order valence-corrected chi connectivity index (χ4v) is 2.71. The molecule has 0 saturated carbocycles. The van der Waals surface area contributed by atoms with Crippen molar-refractivity contribution in [3.8, 4) is 6.07 Å². The molecule has 0 spiro atoms. The molecule has 0 bridgehead atoms. The highest BCUT2D eigenvalue weighted by molar-refractivity contribution is 7.10. The number of nitrogens with zero attached hydrogens (tertiary/aromatic N) is 2. The summed E-state index contributed by atoms with van der Waals surface area (Å²) in [6, 6.07) is 12.0. The van der Waals surface area contributed by atoms with Gasteiger partial charge in [-0.15, -0.1) is 11.3 Å². The number of nitrogens with two attached hydrogens (primary N) is 1. The second-order valence-corrected chi connectivity index (χ2v) is 5.13. The summed E-state index contributed by atoms with van der Waals surface area (Å²) >= 11 is 1.72. The van der Waals surface area contributed by atoms with Gasteiger partial charge in [0.15, 0.2) is 0 Å². The maximum Gasteiger partial charge on any atom is 0.101 e. The Hall–Kier alpha value is -1.99. The van der Waals surface area contributed by atoms with E-state index in [0.717, 1.165) is 5.69 Å². The number of benzene rings is 1. The quantitative estimate of drug-likeness (QED) is 0.857. The number of nitrogen functional groups attached to an aromatic ring is 1. The summed E-state index contributed by atoms with van der Waals surface area (Å²) in [6.07, 6.45) is 0. The van der Waals surface area contributed by atoms with Crippen molar-refractivity contribution in [2.45, 2.75) is 13.0 Å². The van der Waals surface area contributed by atoms with Crippen molar-refractivity contribution in [2.24, 2.45) is 0 Å². The highest BCUT2D eigenvalue weighted by Crippen LogP contribution is 2.32. The fraction of sp³-hybridized carbons (Fsp3) is 0.214. The minimum atomic E-state index is 0.237. The van der Waals surface area contributed by atoms with Crippen molar-refractivity contribution in [1.82, 2.24) is 0 Å². The first kappa shape index (κ1) is 12.5. The molecule has 0 radical (unpaired) electrons. The summed E-state index contributed by atoms with van der Waals surface area (Å²) in [6.45, 7) is 2.13. The topological polar surface area (TPSA) is 53.0 Å². The molecule has 1 atom stereocenters. The minimum absolute atomic E-state index is 0.237. The van der Waals surface area contributed by atoms with Crippen molar-refractivity contribution < 1.29 is 0 Å². The minimum Gasteiger partial charge on any atom is -0.396 e. The number of rotatable bonds is 3. The van der Waals surface area contributed by atoms with Crippen LogP contribution >= 0.6 is 11.3 Å². The van der Waals surface area contributed by atoms with Gasteiger partial charge in [-0.3, -0.25) is 0 Å². The number of thiophene rings is 1. The van der Waals surface area contributed by atoms with E-state index < -0.39 is 0 Å². The molecule has 2 N–H and O–H groups in total. The van der Waals surface area contributed by atoms with Gasteiger partial charge in [-0.1, -0.05) is 12.1 Å². The SMILES string of the molecule is CC(c1cccs1)N(C)c1cccc(C#N)c1N. The van der Waals surface area contributed by atoms with E-state index in [1.54, 1.807) is 17.4 Å². The molecule has 0 aliphatic carbocycles. The van der Waals surface area contributed by atoms with Gasteiger partial charge in [-0.05, 0) is 30.5 Å². The first-order valence-corrected chi connectivity index (χ1v) is 6.58. The molecular weight excluding hydrogens is 242 g/mol. The van der Waals surface area contributed by atoms with Gasteiger partial charge in [0, 0.05) is 11.9 Å². The molecular formula is C14H15N3S. The Morgan fingerprint density at radius 2 is 2.11 bits per heavy atom. The van der Waals surface area contributed by atoms with Crippen LogP contribution in [0.5, 0.6) is 0 Å². The molecule has 1 heterocycles. The van der Waals surface area contributed by atoms with E-state index in [9.17, 15) is 0 Å². The molecule has 18 heavy (non-hydrogen) atoms. The van der Waals surface area contributed by atoms with Crippen LogP contribution in [0, 0.1) is 11.3 Å². The summed E-state index contributed by atoms with van der Waals surface area (Å²) in [5.41, 5.74) is 8.00. The molecule has 92 valence electrons. The number of hydrogen-bond acceptors (Lipinski definition) is 4. The Kier molecular flexibility index (Phi) is 3.54. The predicted molar refractivity (Wildman–Crippen MR) is 76.7 cm³/mol. The van der Waals surface area contributed by atoms with E-state index in [2.05, 4.69) is 29.3 Å². The van der Waals surface area contributed by atoms with E-state index in [1.807, 2.05) is 25.2 Å². The Bertz CT molecular complexity index is 569. The smallest absolute Gasteiger partial charge is 0.101 e. The second kappa shape index (κ2) is 5.11. The lowest BCUT2D eigenvalue weighted by atomic mass is 10.1. The van der Waals surface area contributed by atoms with Gasteiger partial charge in [0.05, 0.1) is 23.0 Å². The average molecular weight is 257 g/mol. The lowest BCUT2D eigenvalue weighted by Gasteiger charge is -2.27. The molecule has 3 nitrogen and oxygen atoms in total. The molecule has 1 unspecified atom stereocenters. The highest BCUT2D eigenvalue weighted by Gasteiger charge is 2.16. The van der Waals surface area contributed by atoms with Gasteiger partial charge in [0.1, 0.15) is 6.07 Å². The number of nitriles is 1. The van der Waals surface area contributed by atoms with Gasteiger partial charge in [0.25, 0.3) is 0 Å². The van der Waals surface area contributed by atoms with Crippen LogP contribution in [0.1, 0.15) is 23.4 Å². The van der Waals surface area contributed by atoms with E-state index in [4.69, 9.17) is 11.0 Å². The monoisotopic (exact) mass is 257 g/mol. The van der Waals surface area contributed by atoms with Gasteiger partial charge >= 0.3 is 0 Å². The zero-order valence-electron chi connectivity index (χ0n) is 10.4. The zero-order chi connectivity index (χ0) is 13.1. The molecule has 1 aromatic heterocycles. The molecule has 2 rings (SSSR count). The molecule has 0 fully saturated rings. The largest absolute Gasteiger partial charge is 0.396 e. The highest BCUT2D eigenvalue weighted by atomic mass is 32.1. The van der Waals surface area contributed by atoms with Crippen LogP contribution in [0.15, 0.2) is 35.7 Å². The van der Waals surface area contributed by atoms with Crippen molar-refractivity contribution >= 4 is 22.7 Å². The van der Waals surface area contributed by atoms with Crippen molar-refractivity contribution in [1.29, 1.82) is 5.26 Å². The maximum atomic E-state index is 9.00. The van der Waals surface area contributed by atoms with E-state index >= 15 is 0 Å². The Labute approximate surface area is 111 Å². The van der Waals surface area contributed by atoms with Gasteiger partial charge < -0.3 is 10.6 Å². The van der Waals surface area contributed by atoms with E-state index in [0.29, 0.717) is 11.3 Å². The van der Waals surface area contributed by atoms with Gasteiger partial charge in [0.2, 0.25) is 0 Å². The summed E-state index contributed by atoms with van der Waals surface area (Å²) in [5, 5.41) is 11.1. The molecule has 4 heteroatoms. The van der Waals surface area contributed by atoms with Crippen LogP contribution in [0.4, 0.5) is 11.4 Å². The number of anilines is 2. The van der Waals surface area contributed by atoms with Gasteiger partial charge in [-0.25, -0.2) is 0 Å². The van der Waals surface area contributed by atoms with Crippen LogP contribution < -0.4 is 10.6 Å². The average Bonchev–Trinajstić information content (AvgIpc) is 2.91. The first-order valence-electron chi connectivity index (χ1n) is 5.70. The van der Waals surface area contributed by atoms with E-state index in [1.165, 1.54) is 4.88 Å².